The number of H-pyrrole nitrogens is 1. The monoisotopic (exact) mass is 268 g/mol. The van der Waals surface area contributed by atoms with Gasteiger partial charge in [0, 0.05) is 16.7 Å². The van der Waals surface area contributed by atoms with Crippen LogP contribution in [-0.4, -0.2) is 21.1 Å². The van der Waals surface area contributed by atoms with Crippen molar-refractivity contribution < 1.29 is 4.79 Å². The van der Waals surface area contributed by atoms with E-state index in [-0.39, 0.29) is 17.1 Å². The summed E-state index contributed by atoms with van der Waals surface area (Å²) in [6.45, 7) is 5.97. The summed E-state index contributed by atoms with van der Waals surface area (Å²) in [5, 5.41) is 9.43. The summed E-state index contributed by atoms with van der Waals surface area (Å²) in [5.74, 6) is 2.92. The highest BCUT2D eigenvalue weighted by Crippen LogP contribution is 2.17. The lowest BCUT2D eigenvalue weighted by atomic mass is 9.96. The zero-order valence-electron chi connectivity index (χ0n) is 11.7. The molecule has 0 saturated heterocycles. The van der Waals surface area contributed by atoms with Gasteiger partial charge in [0.25, 0.3) is 5.91 Å². The van der Waals surface area contributed by atoms with Gasteiger partial charge in [-0.15, -0.1) is 11.5 Å². The van der Waals surface area contributed by atoms with Gasteiger partial charge in [0.2, 0.25) is 5.82 Å². The van der Waals surface area contributed by atoms with E-state index in [9.17, 15) is 4.79 Å². The van der Waals surface area contributed by atoms with Crippen LogP contribution in [0.2, 0.25) is 0 Å². The molecule has 1 aromatic carbocycles. The number of amides is 1. The van der Waals surface area contributed by atoms with Crippen LogP contribution in [0.15, 0.2) is 24.3 Å². The number of carbonyl (C=O) groups is 1. The third kappa shape index (κ3) is 3.04. The average Bonchev–Trinajstić information content (AvgIpc) is 2.88. The van der Waals surface area contributed by atoms with E-state index in [0.717, 1.165) is 0 Å². The van der Waals surface area contributed by atoms with Gasteiger partial charge in [0.1, 0.15) is 5.82 Å². The van der Waals surface area contributed by atoms with Crippen molar-refractivity contribution in [1.82, 2.24) is 15.2 Å². The second-order valence-electron chi connectivity index (χ2n) is 5.44. The number of rotatable bonds is 2. The van der Waals surface area contributed by atoms with Gasteiger partial charge >= 0.3 is 0 Å². The lowest BCUT2D eigenvalue weighted by Gasteiger charge is -2.12. The van der Waals surface area contributed by atoms with Gasteiger partial charge in [-0.25, -0.2) is 4.98 Å². The molecule has 1 amide bonds. The van der Waals surface area contributed by atoms with Crippen LogP contribution in [0.4, 0.5) is 5.69 Å². The second kappa shape index (κ2) is 5.17. The number of terminal acetylenes is 1. The van der Waals surface area contributed by atoms with Gasteiger partial charge in [-0.1, -0.05) is 32.8 Å². The number of aromatic nitrogens is 3. The number of carbonyl (C=O) groups excluding carboxylic acids is 1. The van der Waals surface area contributed by atoms with Crippen LogP contribution in [-0.2, 0) is 5.41 Å². The molecule has 2 rings (SSSR count). The fourth-order valence-corrected chi connectivity index (χ4v) is 1.57. The van der Waals surface area contributed by atoms with E-state index in [2.05, 4.69) is 26.4 Å². The third-order valence-corrected chi connectivity index (χ3v) is 2.69. The Hall–Kier alpha value is -2.61. The van der Waals surface area contributed by atoms with Crippen molar-refractivity contribution in [1.29, 1.82) is 0 Å². The second-order valence-corrected chi connectivity index (χ2v) is 5.44. The maximum absolute atomic E-state index is 12.0. The van der Waals surface area contributed by atoms with Gasteiger partial charge in [-0.2, -0.15) is 0 Å². The number of anilines is 1. The van der Waals surface area contributed by atoms with E-state index in [4.69, 9.17) is 6.42 Å². The summed E-state index contributed by atoms with van der Waals surface area (Å²) in [4.78, 5) is 16.2. The first-order chi connectivity index (χ1) is 9.40. The molecule has 0 bridgehead atoms. The number of hydrogen-bond donors (Lipinski definition) is 2. The van der Waals surface area contributed by atoms with Gasteiger partial charge < -0.3 is 5.32 Å². The Balaban J connectivity index is 2.16. The molecule has 0 unspecified atom stereocenters. The van der Waals surface area contributed by atoms with Crippen molar-refractivity contribution in [2.45, 2.75) is 26.2 Å². The number of hydrogen-bond acceptors (Lipinski definition) is 3. The topological polar surface area (TPSA) is 70.7 Å². The van der Waals surface area contributed by atoms with E-state index in [0.29, 0.717) is 17.1 Å². The molecule has 20 heavy (non-hydrogen) atoms. The van der Waals surface area contributed by atoms with E-state index in [1.807, 2.05) is 20.8 Å². The SMILES string of the molecule is C#Cc1cccc(NC(=O)c2n[nH]c(C(C)(C)C)n2)c1. The third-order valence-electron chi connectivity index (χ3n) is 2.69. The summed E-state index contributed by atoms with van der Waals surface area (Å²) in [6.07, 6.45) is 5.32. The molecule has 0 spiro atoms. The molecule has 1 heterocycles. The van der Waals surface area contributed by atoms with Gasteiger partial charge in [0.05, 0.1) is 0 Å². The summed E-state index contributed by atoms with van der Waals surface area (Å²) in [5.41, 5.74) is 1.13. The highest BCUT2D eigenvalue weighted by Gasteiger charge is 2.21. The maximum atomic E-state index is 12.0. The predicted octanol–water partition coefficient (Wildman–Crippen LogP) is 2.34. The molecule has 0 fully saturated rings. The molecule has 0 saturated carbocycles. The van der Waals surface area contributed by atoms with Gasteiger partial charge in [-0.3, -0.25) is 9.89 Å². The van der Waals surface area contributed by atoms with Crippen LogP contribution in [0.3, 0.4) is 0 Å². The first kappa shape index (κ1) is 13.8. The van der Waals surface area contributed by atoms with Crippen LogP contribution in [0, 0.1) is 12.3 Å². The normalized spacial score (nSPS) is 10.9. The lowest BCUT2D eigenvalue weighted by Crippen LogP contribution is -2.16. The minimum absolute atomic E-state index is 0.112. The summed E-state index contributed by atoms with van der Waals surface area (Å²) in [7, 11) is 0. The Kier molecular flexibility index (Phi) is 3.57. The first-order valence-electron chi connectivity index (χ1n) is 6.21. The highest BCUT2D eigenvalue weighted by atomic mass is 16.2. The summed E-state index contributed by atoms with van der Waals surface area (Å²) >= 11 is 0. The Bertz CT molecular complexity index is 674. The average molecular weight is 268 g/mol. The van der Waals surface area contributed by atoms with Crippen molar-refractivity contribution in [2.75, 3.05) is 5.32 Å². The van der Waals surface area contributed by atoms with Crippen LogP contribution in [0.5, 0.6) is 0 Å². The molecule has 0 atom stereocenters. The molecule has 5 nitrogen and oxygen atoms in total. The van der Waals surface area contributed by atoms with E-state index < -0.39 is 0 Å². The largest absolute Gasteiger partial charge is 0.319 e. The Labute approximate surface area is 117 Å². The molecule has 0 aliphatic carbocycles. The Morgan fingerprint density at radius 2 is 2.15 bits per heavy atom. The molecule has 0 radical (unpaired) electrons. The summed E-state index contributed by atoms with van der Waals surface area (Å²) < 4.78 is 0. The smallest absolute Gasteiger partial charge is 0.295 e. The molecule has 102 valence electrons. The van der Waals surface area contributed by atoms with Crippen molar-refractivity contribution in [3.8, 4) is 12.3 Å². The quantitative estimate of drug-likeness (QED) is 0.821. The van der Waals surface area contributed by atoms with Crippen LogP contribution in [0.25, 0.3) is 0 Å². The fraction of sp³-hybridized carbons (Fsp3) is 0.267. The van der Waals surface area contributed by atoms with Gasteiger partial charge in [0.15, 0.2) is 0 Å². The van der Waals surface area contributed by atoms with E-state index >= 15 is 0 Å². The van der Waals surface area contributed by atoms with Gasteiger partial charge in [-0.05, 0) is 18.2 Å². The molecule has 0 aliphatic heterocycles. The standard InChI is InChI=1S/C15H16N4O/c1-5-10-7-6-8-11(9-10)16-13(20)12-17-14(19-18-12)15(2,3)4/h1,6-9H,2-4H3,(H,16,20)(H,17,18,19). The highest BCUT2D eigenvalue weighted by molar-refractivity contribution is 6.01. The van der Waals surface area contributed by atoms with Crippen molar-refractivity contribution in [3.63, 3.8) is 0 Å². The Morgan fingerprint density at radius 1 is 1.40 bits per heavy atom. The minimum Gasteiger partial charge on any atom is -0.319 e. The molecule has 0 aliphatic rings. The number of nitrogens with one attached hydrogen (secondary N) is 2. The minimum atomic E-state index is -0.370. The molecule has 2 aromatic rings. The first-order valence-corrected chi connectivity index (χ1v) is 6.21. The lowest BCUT2D eigenvalue weighted by molar-refractivity contribution is 0.101. The molecule has 1 aromatic heterocycles. The maximum Gasteiger partial charge on any atom is 0.295 e. The van der Waals surface area contributed by atoms with Crippen LogP contribution in [0.1, 0.15) is 42.8 Å². The number of aromatic amines is 1. The molecular weight excluding hydrogens is 252 g/mol. The van der Waals surface area contributed by atoms with Crippen molar-refractivity contribution in [2.24, 2.45) is 0 Å². The van der Waals surface area contributed by atoms with E-state index in [1.165, 1.54) is 0 Å². The van der Waals surface area contributed by atoms with E-state index in [1.54, 1.807) is 24.3 Å². The van der Waals surface area contributed by atoms with Crippen molar-refractivity contribution >= 4 is 11.6 Å². The van der Waals surface area contributed by atoms with Crippen LogP contribution < -0.4 is 5.32 Å². The molecular formula is C15H16N4O. The zero-order chi connectivity index (χ0) is 14.8. The molecule has 5 heteroatoms. The predicted molar refractivity (Wildman–Crippen MR) is 77.4 cm³/mol. The zero-order valence-corrected chi connectivity index (χ0v) is 11.7. The fourth-order valence-electron chi connectivity index (χ4n) is 1.57. The number of nitrogens with zero attached hydrogens (tertiary/aromatic N) is 2. The number of benzene rings is 1. The molecule has 2 N–H and O–H groups in total. The van der Waals surface area contributed by atoms with Crippen LogP contribution >= 0.6 is 0 Å². The summed E-state index contributed by atoms with van der Waals surface area (Å²) in [6, 6.07) is 7.05. The Morgan fingerprint density at radius 3 is 2.75 bits per heavy atom. The van der Waals surface area contributed by atoms with Crippen molar-refractivity contribution in [3.05, 3.63) is 41.5 Å².